The summed E-state index contributed by atoms with van der Waals surface area (Å²) >= 11 is 0. The minimum absolute atomic E-state index is 0.0490. The van der Waals surface area contributed by atoms with Crippen LogP contribution >= 0.6 is 0 Å². The van der Waals surface area contributed by atoms with Crippen LogP contribution in [0.1, 0.15) is 11.3 Å². The van der Waals surface area contributed by atoms with E-state index in [0.717, 1.165) is 11.3 Å². The van der Waals surface area contributed by atoms with Crippen molar-refractivity contribution in [3.05, 3.63) is 23.7 Å². The van der Waals surface area contributed by atoms with Crippen LogP contribution in [-0.4, -0.2) is 24.4 Å². The second-order valence-corrected chi connectivity index (χ2v) is 2.96. The van der Waals surface area contributed by atoms with Crippen LogP contribution in [0.3, 0.4) is 0 Å². The van der Waals surface area contributed by atoms with E-state index in [9.17, 15) is 4.79 Å². The Morgan fingerprint density at radius 1 is 1.69 bits per heavy atom. The maximum Gasteiger partial charge on any atom is 0.236 e. The zero-order valence-electron chi connectivity index (χ0n) is 7.91. The first-order chi connectivity index (χ1) is 6.15. The molecule has 0 aliphatic carbocycles. The molecule has 1 rings (SSSR count). The highest BCUT2D eigenvalue weighted by molar-refractivity contribution is 5.77. The topological polar surface area (TPSA) is 59.5 Å². The number of likely N-dealkylation sites (N-methyl/N-ethyl adjacent to an activating group) is 1. The molecule has 1 heterocycles. The average molecular weight is 182 g/mol. The first kappa shape index (κ1) is 9.80. The van der Waals surface area contributed by atoms with Crippen LogP contribution < -0.4 is 5.73 Å². The highest BCUT2D eigenvalue weighted by Gasteiger charge is 2.09. The van der Waals surface area contributed by atoms with Crippen molar-refractivity contribution in [1.29, 1.82) is 0 Å². The highest BCUT2D eigenvalue weighted by atomic mass is 16.3. The van der Waals surface area contributed by atoms with Crippen molar-refractivity contribution in [2.24, 2.45) is 5.73 Å². The molecule has 4 nitrogen and oxygen atoms in total. The average Bonchev–Trinajstić information content (AvgIpc) is 2.50. The third-order valence-corrected chi connectivity index (χ3v) is 1.97. The number of aryl methyl sites for hydroxylation is 1. The summed E-state index contributed by atoms with van der Waals surface area (Å²) in [4.78, 5) is 12.7. The Bertz CT molecular complexity index is 294. The Kier molecular flexibility index (Phi) is 3.08. The van der Waals surface area contributed by atoms with Crippen molar-refractivity contribution in [1.82, 2.24) is 4.90 Å². The predicted molar refractivity (Wildman–Crippen MR) is 49.0 cm³/mol. The maximum atomic E-state index is 11.1. The molecule has 0 atom stereocenters. The molecule has 0 aliphatic rings. The molecule has 0 aromatic carbocycles. The van der Waals surface area contributed by atoms with Gasteiger partial charge in [0.15, 0.2) is 0 Å². The Balaban J connectivity index is 2.59. The third-order valence-electron chi connectivity index (χ3n) is 1.97. The standard InChI is InChI=1S/C9H14N2O2/c1-7-8(3-4-13-7)6-11(2)9(12)5-10/h3-4H,5-6,10H2,1-2H3. The summed E-state index contributed by atoms with van der Waals surface area (Å²) in [5.74, 6) is 0.775. The van der Waals surface area contributed by atoms with Gasteiger partial charge in [0.2, 0.25) is 5.91 Å². The zero-order chi connectivity index (χ0) is 9.84. The van der Waals surface area contributed by atoms with E-state index in [1.54, 1.807) is 18.2 Å². The highest BCUT2D eigenvalue weighted by Crippen LogP contribution is 2.10. The van der Waals surface area contributed by atoms with Gasteiger partial charge in [-0.1, -0.05) is 0 Å². The van der Waals surface area contributed by atoms with E-state index >= 15 is 0 Å². The number of carbonyl (C=O) groups is 1. The van der Waals surface area contributed by atoms with Crippen LogP contribution in [0.15, 0.2) is 16.7 Å². The second kappa shape index (κ2) is 4.09. The van der Waals surface area contributed by atoms with Gasteiger partial charge in [0.1, 0.15) is 5.76 Å². The van der Waals surface area contributed by atoms with Gasteiger partial charge >= 0.3 is 0 Å². The van der Waals surface area contributed by atoms with Crippen molar-refractivity contribution in [3.8, 4) is 0 Å². The summed E-state index contributed by atoms with van der Waals surface area (Å²) in [5.41, 5.74) is 6.24. The molecule has 1 amide bonds. The summed E-state index contributed by atoms with van der Waals surface area (Å²) in [6.07, 6.45) is 1.62. The molecule has 0 radical (unpaired) electrons. The van der Waals surface area contributed by atoms with E-state index in [1.165, 1.54) is 0 Å². The van der Waals surface area contributed by atoms with Gasteiger partial charge < -0.3 is 15.1 Å². The molecule has 1 aromatic rings. The second-order valence-electron chi connectivity index (χ2n) is 2.96. The van der Waals surface area contributed by atoms with Crippen LogP contribution in [0.4, 0.5) is 0 Å². The quantitative estimate of drug-likeness (QED) is 0.740. The summed E-state index contributed by atoms with van der Waals surface area (Å²) in [5, 5.41) is 0. The fourth-order valence-corrected chi connectivity index (χ4v) is 1.07. The van der Waals surface area contributed by atoms with Gasteiger partial charge in [-0.05, 0) is 13.0 Å². The van der Waals surface area contributed by atoms with Gasteiger partial charge in [0, 0.05) is 19.2 Å². The Labute approximate surface area is 77.3 Å². The molecule has 0 saturated carbocycles. The van der Waals surface area contributed by atoms with E-state index in [4.69, 9.17) is 10.2 Å². The molecule has 13 heavy (non-hydrogen) atoms. The molecule has 0 aliphatic heterocycles. The summed E-state index contributed by atoms with van der Waals surface area (Å²) in [7, 11) is 1.72. The van der Waals surface area contributed by atoms with Crippen molar-refractivity contribution >= 4 is 5.91 Å². The fraction of sp³-hybridized carbons (Fsp3) is 0.444. The molecule has 72 valence electrons. The molecular formula is C9H14N2O2. The molecule has 0 saturated heterocycles. The van der Waals surface area contributed by atoms with Crippen LogP contribution in [-0.2, 0) is 11.3 Å². The number of carbonyl (C=O) groups excluding carboxylic acids is 1. The van der Waals surface area contributed by atoms with E-state index in [0.29, 0.717) is 6.54 Å². The molecular weight excluding hydrogens is 168 g/mol. The van der Waals surface area contributed by atoms with Crippen LogP contribution in [0.2, 0.25) is 0 Å². The molecule has 0 bridgehead atoms. The molecule has 2 N–H and O–H groups in total. The molecule has 4 heteroatoms. The van der Waals surface area contributed by atoms with E-state index in [-0.39, 0.29) is 12.5 Å². The van der Waals surface area contributed by atoms with Crippen molar-refractivity contribution in [3.63, 3.8) is 0 Å². The first-order valence-corrected chi connectivity index (χ1v) is 4.12. The number of nitrogens with two attached hydrogens (primary N) is 1. The molecule has 0 spiro atoms. The van der Waals surface area contributed by atoms with E-state index < -0.39 is 0 Å². The van der Waals surface area contributed by atoms with Crippen molar-refractivity contribution < 1.29 is 9.21 Å². The number of hydrogen-bond donors (Lipinski definition) is 1. The van der Waals surface area contributed by atoms with Crippen LogP contribution in [0.25, 0.3) is 0 Å². The lowest BCUT2D eigenvalue weighted by Gasteiger charge is -2.15. The molecule has 0 fully saturated rings. The molecule has 0 unspecified atom stereocenters. The van der Waals surface area contributed by atoms with Crippen LogP contribution in [0.5, 0.6) is 0 Å². The van der Waals surface area contributed by atoms with Gasteiger partial charge in [-0.25, -0.2) is 0 Å². The van der Waals surface area contributed by atoms with Crippen molar-refractivity contribution in [2.75, 3.05) is 13.6 Å². The number of rotatable bonds is 3. The number of hydrogen-bond acceptors (Lipinski definition) is 3. The minimum Gasteiger partial charge on any atom is -0.469 e. The number of nitrogens with zero attached hydrogens (tertiary/aromatic N) is 1. The Morgan fingerprint density at radius 3 is 2.85 bits per heavy atom. The Hall–Kier alpha value is -1.29. The summed E-state index contributed by atoms with van der Waals surface area (Å²) in [6, 6.07) is 1.86. The lowest BCUT2D eigenvalue weighted by atomic mass is 10.2. The smallest absolute Gasteiger partial charge is 0.236 e. The normalized spacial score (nSPS) is 10.1. The fourth-order valence-electron chi connectivity index (χ4n) is 1.07. The van der Waals surface area contributed by atoms with Gasteiger partial charge in [-0.2, -0.15) is 0 Å². The van der Waals surface area contributed by atoms with Gasteiger partial charge in [0.25, 0.3) is 0 Å². The Morgan fingerprint density at radius 2 is 2.38 bits per heavy atom. The largest absolute Gasteiger partial charge is 0.469 e. The lowest BCUT2D eigenvalue weighted by Crippen LogP contribution is -2.32. The van der Waals surface area contributed by atoms with Gasteiger partial charge in [-0.3, -0.25) is 4.79 Å². The van der Waals surface area contributed by atoms with Gasteiger partial charge in [-0.15, -0.1) is 0 Å². The van der Waals surface area contributed by atoms with E-state index in [2.05, 4.69) is 0 Å². The summed E-state index contributed by atoms with van der Waals surface area (Å²) < 4.78 is 5.11. The van der Waals surface area contributed by atoms with E-state index in [1.807, 2.05) is 13.0 Å². The first-order valence-electron chi connectivity index (χ1n) is 4.12. The third kappa shape index (κ3) is 2.32. The minimum atomic E-state index is -0.0689. The number of amides is 1. The SMILES string of the molecule is Cc1occc1CN(C)C(=O)CN. The lowest BCUT2D eigenvalue weighted by molar-refractivity contribution is -0.128. The van der Waals surface area contributed by atoms with Crippen molar-refractivity contribution in [2.45, 2.75) is 13.5 Å². The zero-order valence-corrected chi connectivity index (χ0v) is 7.91. The summed E-state index contributed by atoms with van der Waals surface area (Å²) in [6.45, 7) is 2.47. The van der Waals surface area contributed by atoms with Gasteiger partial charge in [0.05, 0.1) is 12.8 Å². The van der Waals surface area contributed by atoms with Crippen LogP contribution in [0, 0.1) is 6.92 Å². The maximum absolute atomic E-state index is 11.1. The monoisotopic (exact) mass is 182 g/mol. The molecule has 1 aromatic heterocycles. The number of furan rings is 1. The predicted octanol–water partition coefficient (Wildman–Crippen LogP) is 0.505.